The normalized spacial score (nSPS) is 11.9. The van der Waals surface area contributed by atoms with Crippen LogP contribution in [0.5, 0.6) is 0 Å². The van der Waals surface area contributed by atoms with Crippen LogP contribution >= 0.6 is 7.60 Å². The van der Waals surface area contributed by atoms with E-state index < -0.39 is 24.3 Å². The number of carbonyl (C=O) groups is 1. The molecule has 0 spiro atoms. The Bertz CT molecular complexity index is 953. The Balaban J connectivity index is 2.39. The molecule has 0 heterocycles. The molecule has 11 heteroatoms. The van der Waals surface area contributed by atoms with Crippen molar-refractivity contribution in [3.63, 3.8) is 0 Å². The van der Waals surface area contributed by atoms with E-state index in [0.717, 1.165) is 18.2 Å². The Hall–Kier alpha value is -2.94. The number of non-ortho nitro benzene ring substituents is 1. The summed E-state index contributed by atoms with van der Waals surface area (Å²) in [5, 5.41) is 14.3. The molecular formula is C18H18FN2O7P. The van der Waals surface area contributed by atoms with Crippen molar-refractivity contribution in [3.05, 3.63) is 75.6 Å². The van der Waals surface area contributed by atoms with Crippen LogP contribution in [-0.2, 0) is 18.5 Å². The van der Waals surface area contributed by atoms with Gasteiger partial charge in [-0.2, -0.15) is 0 Å². The summed E-state index contributed by atoms with van der Waals surface area (Å²) in [7, 11) is -4.02. The monoisotopic (exact) mass is 424 g/mol. The lowest BCUT2D eigenvalue weighted by Gasteiger charge is -2.18. The van der Waals surface area contributed by atoms with Crippen LogP contribution in [0.2, 0.25) is 0 Å². The minimum Gasteiger partial charge on any atom is -0.312 e. The molecule has 154 valence electrons. The summed E-state index contributed by atoms with van der Waals surface area (Å²) in [6, 6.07) is 9.61. The zero-order chi connectivity index (χ0) is 21.4. The Morgan fingerprint density at radius 1 is 1.10 bits per heavy atom. The third kappa shape index (κ3) is 5.77. The van der Waals surface area contributed by atoms with Gasteiger partial charge in [-0.05, 0) is 38.1 Å². The van der Waals surface area contributed by atoms with Crippen molar-refractivity contribution < 1.29 is 32.6 Å². The molecule has 2 aromatic carbocycles. The van der Waals surface area contributed by atoms with E-state index in [1.165, 1.54) is 30.3 Å². The second-order valence-electron chi connectivity index (χ2n) is 5.44. The molecule has 0 aromatic heterocycles. The highest BCUT2D eigenvalue weighted by molar-refractivity contribution is 7.73. The van der Waals surface area contributed by atoms with Crippen molar-refractivity contribution in [1.82, 2.24) is 0 Å². The van der Waals surface area contributed by atoms with Gasteiger partial charge in [-0.25, -0.2) is 9.18 Å². The standard InChI is InChI=1S/C18H18FN2O7P/c1-3-26-29(25,27-4-2)17(14-6-5-7-15(19)12-14)20-28-18(22)13-8-10-16(11-9-13)21(23)24/h5-12H,3-4H2,1-2H3. The van der Waals surface area contributed by atoms with Crippen molar-refractivity contribution in [2.75, 3.05) is 13.2 Å². The Kier molecular flexibility index (Phi) is 7.72. The third-order valence-electron chi connectivity index (χ3n) is 3.47. The number of carbonyl (C=O) groups excluding carboxylic acids is 1. The van der Waals surface area contributed by atoms with Crippen LogP contribution in [0.25, 0.3) is 0 Å². The van der Waals surface area contributed by atoms with Crippen LogP contribution in [-0.4, -0.2) is 29.6 Å². The molecular weight excluding hydrogens is 406 g/mol. The van der Waals surface area contributed by atoms with Gasteiger partial charge in [0.05, 0.1) is 23.7 Å². The Morgan fingerprint density at radius 2 is 1.72 bits per heavy atom. The summed E-state index contributed by atoms with van der Waals surface area (Å²) in [6.45, 7) is 3.17. The number of rotatable bonds is 9. The van der Waals surface area contributed by atoms with Gasteiger partial charge in [0.25, 0.3) is 5.69 Å². The molecule has 2 rings (SSSR count). The first-order valence-corrected chi connectivity index (χ1v) is 10.0. The number of halogens is 1. The SMILES string of the molecule is CCOP(=O)(OCC)C(=NOC(=O)c1ccc([N+](=O)[O-])cc1)c1cccc(F)c1. The second kappa shape index (κ2) is 10.0. The maximum absolute atomic E-state index is 13.7. The molecule has 0 aliphatic rings. The van der Waals surface area contributed by atoms with Crippen molar-refractivity contribution >= 4 is 24.7 Å². The number of hydrogen-bond donors (Lipinski definition) is 0. The summed E-state index contributed by atoms with van der Waals surface area (Å²) in [5.74, 6) is -1.59. The maximum Gasteiger partial charge on any atom is 0.383 e. The van der Waals surface area contributed by atoms with Crippen molar-refractivity contribution in [3.8, 4) is 0 Å². The van der Waals surface area contributed by atoms with Gasteiger partial charge < -0.3 is 13.9 Å². The summed E-state index contributed by atoms with van der Waals surface area (Å²) in [6.07, 6.45) is 0. The highest BCUT2D eigenvalue weighted by atomic mass is 31.2. The lowest BCUT2D eigenvalue weighted by Crippen LogP contribution is -2.11. The molecule has 0 atom stereocenters. The van der Waals surface area contributed by atoms with Gasteiger partial charge in [-0.15, -0.1) is 0 Å². The van der Waals surface area contributed by atoms with Gasteiger partial charge in [-0.3, -0.25) is 14.7 Å². The topological polar surface area (TPSA) is 117 Å². The molecule has 0 fully saturated rings. The van der Waals surface area contributed by atoms with Crippen molar-refractivity contribution in [1.29, 1.82) is 0 Å². The lowest BCUT2D eigenvalue weighted by molar-refractivity contribution is -0.384. The van der Waals surface area contributed by atoms with E-state index in [2.05, 4.69) is 5.16 Å². The van der Waals surface area contributed by atoms with E-state index in [-0.39, 0.29) is 35.5 Å². The molecule has 0 saturated heterocycles. The molecule has 0 N–H and O–H groups in total. The molecule has 0 saturated carbocycles. The van der Waals surface area contributed by atoms with Crippen LogP contribution in [0, 0.1) is 15.9 Å². The summed E-state index contributed by atoms with van der Waals surface area (Å²) >= 11 is 0. The van der Waals surface area contributed by atoms with E-state index >= 15 is 0 Å². The van der Waals surface area contributed by atoms with Gasteiger partial charge in [-0.1, -0.05) is 17.3 Å². The first kappa shape index (κ1) is 22.4. The Morgan fingerprint density at radius 3 is 2.24 bits per heavy atom. The van der Waals surface area contributed by atoms with E-state index in [9.17, 15) is 23.9 Å². The molecule has 0 aliphatic heterocycles. The number of nitro groups is 1. The van der Waals surface area contributed by atoms with Crippen molar-refractivity contribution in [2.45, 2.75) is 13.8 Å². The fourth-order valence-electron chi connectivity index (χ4n) is 2.24. The third-order valence-corrected chi connectivity index (χ3v) is 5.52. The van der Waals surface area contributed by atoms with Crippen LogP contribution in [0.4, 0.5) is 10.1 Å². The van der Waals surface area contributed by atoms with E-state index in [1.807, 2.05) is 0 Å². The fourth-order valence-corrected chi connectivity index (χ4v) is 3.84. The highest BCUT2D eigenvalue weighted by Crippen LogP contribution is 2.51. The second-order valence-corrected chi connectivity index (χ2v) is 7.38. The number of hydrogen-bond acceptors (Lipinski definition) is 8. The number of oxime groups is 1. The molecule has 0 radical (unpaired) electrons. The predicted molar refractivity (Wildman–Crippen MR) is 102 cm³/mol. The first-order valence-electron chi connectivity index (χ1n) is 8.50. The zero-order valence-electron chi connectivity index (χ0n) is 15.6. The molecule has 9 nitrogen and oxygen atoms in total. The highest BCUT2D eigenvalue weighted by Gasteiger charge is 2.34. The lowest BCUT2D eigenvalue weighted by atomic mass is 10.2. The van der Waals surface area contributed by atoms with Crippen LogP contribution in [0.15, 0.2) is 53.7 Å². The Labute approximate surface area is 165 Å². The molecule has 0 bridgehead atoms. The number of nitro benzene ring substituents is 1. The van der Waals surface area contributed by atoms with E-state index in [4.69, 9.17) is 13.9 Å². The van der Waals surface area contributed by atoms with Crippen LogP contribution < -0.4 is 0 Å². The molecule has 0 aliphatic carbocycles. The van der Waals surface area contributed by atoms with Gasteiger partial charge in [0.2, 0.25) is 0 Å². The average molecular weight is 424 g/mol. The van der Waals surface area contributed by atoms with E-state index in [1.54, 1.807) is 13.8 Å². The minimum absolute atomic E-state index is 0.00190. The van der Waals surface area contributed by atoms with Gasteiger partial charge in [0, 0.05) is 17.7 Å². The molecule has 0 amide bonds. The van der Waals surface area contributed by atoms with Gasteiger partial charge in [0.15, 0.2) is 5.45 Å². The van der Waals surface area contributed by atoms with E-state index in [0.29, 0.717) is 0 Å². The quantitative estimate of drug-likeness (QED) is 0.191. The summed E-state index contributed by atoms with van der Waals surface area (Å²) in [4.78, 5) is 27.2. The largest absolute Gasteiger partial charge is 0.383 e. The average Bonchev–Trinajstić information content (AvgIpc) is 2.68. The maximum atomic E-state index is 13.7. The van der Waals surface area contributed by atoms with Crippen molar-refractivity contribution in [2.24, 2.45) is 5.16 Å². The molecule has 0 unspecified atom stereocenters. The number of benzene rings is 2. The minimum atomic E-state index is -4.02. The molecule has 2 aromatic rings. The zero-order valence-corrected chi connectivity index (χ0v) is 16.5. The van der Waals surface area contributed by atoms with Gasteiger partial charge in [0.1, 0.15) is 5.82 Å². The molecule has 29 heavy (non-hydrogen) atoms. The number of nitrogens with zero attached hydrogens (tertiary/aromatic N) is 2. The summed E-state index contributed by atoms with van der Waals surface area (Å²) < 4.78 is 37.2. The predicted octanol–water partition coefficient (Wildman–Crippen LogP) is 4.52. The van der Waals surface area contributed by atoms with Gasteiger partial charge >= 0.3 is 13.6 Å². The van der Waals surface area contributed by atoms with Crippen LogP contribution in [0.3, 0.4) is 0 Å². The van der Waals surface area contributed by atoms with Crippen LogP contribution in [0.1, 0.15) is 29.8 Å². The summed E-state index contributed by atoms with van der Waals surface area (Å²) in [5.41, 5.74) is -0.564. The first-order chi connectivity index (χ1) is 13.8. The fraction of sp³-hybridized carbons (Fsp3) is 0.222. The smallest absolute Gasteiger partial charge is 0.312 e.